The van der Waals surface area contributed by atoms with Crippen molar-refractivity contribution in [2.45, 2.75) is 192 Å². The molecule has 28 heteroatoms. The zero-order valence-corrected chi connectivity index (χ0v) is 55.1. The number of carboxylic acid groups (broad SMARTS) is 2. The number of fused-ring (bicyclic) bond motifs is 5. The Morgan fingerprint density at radius 3 is 2.13 bits per heavy atom. The van der Waals surface area contributed by atoms with Gasteiger partial charge >= 0.3 is 47.9 Å². The van der Waals surface area contributed by atoms with Gasteiger partial charge in [-0.2, -0.15) is 0 Å². The molecule has 26 nitrogen and oxygen atoms in total. The number of nitrogens with one attached hydrogen (secondary N) is 4. The Balaban J connectivity index is 1.19. The molecule has 0 spiro atoms. The summed E-state index contributed by atoms with van der Waals surface area (Å²) in [5.74, 6) is -8.59. The number of aliphatic hydroxyl groups is 1. The highest BCUT2D eigenvalue weighted by Crippen LogP contribution is 2.63. The van der Waals surface area contributed by atoms with Crippen LogP contribution in [-0.2, 0) is 76.3 Å². The topological polar surface area (TPSA) is 370 Å². The van der Waals surface area contributed by atoms with E-state index in [0.717, 1.165) is 0 Å². The molecule has 0 unspecified atom stereocenters. The Labute approximate surface area is 542 Å². The molecule has 1 aliphatic heterocycles. The summed E-state index contributed by atoms with van der Waals surface area (Å²) in [6.07, 6.45) is -9.27. The van der Waals surface area contributed by atoms with Crippen LogP contribution in [0.5, 0.6) is 0 Å². The van der Waals surface area contributed by atoms with E-state index in [2.05, 4.69) is 26.0 Å². The van der Waals surface area contributed by atoms with Crippen LogP contribution >= 0.6 is 21.6 Å². The summed E-state index contributed by atoms with van der Waals surface area (Å²) in [7, 11) is 3.94. The van der Waals surface area contributed by atoms with Gasteiger partial charge in [-0.1, -0.05) is 90.9 Å². The van der Waals surface area contributed by atoms with E-state index in [-0.39, 0.29) is 94.0 Å². The first-order chi connectivity index (χ1) is 43.3. The first-order valence-electron chi connectivity index (χ1n) is 30.5. The number of ketones is 1. The highest BCUT2D eigenvalue weighted by Gasteiger charge is 2.74. The largest absolute Gasteiger partial charge is 0.481 e. The van der Waals surface area contributed by atoms with Gasteiger partial charge in [0.2, 0.25) is 12.0 Å². The van der Waals surface area contributed by atoms with Crippen molar-refractivity contribution in [2.24, 2.45) is 22.7 Å². The predicted molar refractivity (Wildman–Crippen MR) is 332 cm³/mol. The monoisotopic (exact) mass is 1330 g/mol. The van der Waals surface area contributed by atoms with Crippen LogP contribution in [-0.4, -0.2) is 173 Å². The first-order valence-corrected chi connectivity index (χ1v) is 32.9. The fourth-order valence-electron chi connectivity index (χ4n) is 13.1. The van der Waals surface area contributed by atoms with E-state index in [1.165, 1.54) is 35.6 Å². The summed E-state index contributed by atoms with van der Waals surface area (Å²) in [4.78, 5) is 145. The lowest BCUT2D eigenvalue weighted by molar-refractivity contribution is -0.333. The van der Waals surface area contributed by atoms with Crippen LogP contribution < -0.4 is 21.3 Å². The number of Topliss-reactive ketones (excluding diaryl/α,β-unsaturated/α-hetero) is 1. The minimum absolute atomic E-state index is 0.0110. The number of amides is 4. The van der Waals surface area contributed by atoms with Gasteiger partial charge in [0, 0.05) is 69.8 Å². The summed E-state index contributed by atoms with van der Waals surface area (Å²) >= 11 is 0. The van der Waals surface area contributed by atoms with Gasteiger partial charge < -0.3 is 74.5 Å². The molecule has 13 atom stereocenters. The highest BCUT2D eigenvalue weighted by atomic mass is 33.1. The van der Waals surface area contributed by atoms with Crippen molar-refractivity contribution in [1.82, 2.24) is 21.3 Å². The second kappa shape index (κ2) is 32.0. The van der Waals surface area contributed by atoms with Crippen molar-refractivity contribution in [3.8, 4) is 0 Å². The Hall–Kier alpha value is -7.27. The number of carbonyl (C=O) groups is 11. The lowest BCUT2D eigenvalue weighted by Gasteiger charge is -2.63. The Kier molecular flexibility index (Phi) is 25.7. The van der Waals surface area contributed by atoms with Crippen molar-refractivity contribution < 1.29 is 106 Å². The fraction of sp³-hybridized carbons (Fsp3) is 0.609. The summed E-state index contributed by atoms with van der Waals surface area (Å²) in [5.41, 5.74) is -6.13. The van der Waals surface area contributed by atoms with E-state index < -0.39 is 143 Å². The molecule has 6 rings (SSSR count). The molecule has 0 radical (unpaired) electrons. The molecule has 92 heavy (non-hydrogen) atoms. The molecule has 2 saturated carbocycles. The Bertz CT molecular complexity index is 3040. The van der Waals surface area contributed by atoms with Crippen molar-refractivity contribution in [1.29, 1.82) is 0 Å². The molecule has 7 N–H and O–H groups in total. The van der Waals surface area contributed by atoms with Crippen LogP contribution in [0.3, 0.4) is 0 Å². The van der Waals surface area contributed by atoms with Crippen molar-refractivity contribution in [3.05, 3.63) is 82.9 Å². The molecular formula is C64H86N4O22S2. The van der Waals surface area contributed by atoms with Crippen LogP contribution in [0.2, 0.25) is 0 Å². The molecule has 3 aliphatic carbocycles. The number of carboxylic acids is 2. The molecule has 1 heterocycles. The van der Waals surface area contributed by atoms with Gasteiger partial charge in [-0.05, 0) is 89.1 Å². The molecular weight excluding hydrogens is 1240 g/mol. The van der Waals surface area contributed by atoms with E-state index in [9.17, 15) is 53.4 Å². The SMILES string of the molecule is CO[C@H]1C[C@H]2OC[C@@]2(OC(C)=O)[C@H]2[C@H](OC(=O)c3ccccc3)C[C@]3(O)C[C@H](OC(=O)[C@H](OC(=O)CCCSSCC(=O)NCCCC[C@H](NC(=O)N[C@@H](CCC(=O)O)OC=O)C(=O)O)[C@@H](NC(=O)OC(C)(C)C)c4ccccc4)C(C)=C([C@@H](C)C(=O)[C@]12C)C3(C)C. The third-order valence-corrected chi connectivity index (χ3v) is 19.8. The van der Waals surface area contributed by atoms with E-state index in [1.807, 2.05) is 0 Å². The van der Waals surface area contributed by atoms with Crippen molar-refractivity contribution >= 4 is 87.7 Å². The smallest absolute Gasteiger partial charge is 0.408 e. The fourth-order valence-corrected chi connectivity index (χ4v) is 15.1. The Morgan fingerprint density at radius 2 is 1.53 bits per heavy atom. The molecule has 0 aromatic heterocycles. The molecule has 4 amide bonds. The quantitative estimate of drug-likeness (QED) is 0.00814. The van der Waals surface area contributed by atoms with Crippen LogP contribution in [0.1, 0.15) is 148 Å². The van der Waals surface area contributed by atoms with E-state index in [0.29, 0.717) is 28.9 Å². The molecule has 2 aromatic carbocycles. The van der Waals surface area contributed by atoms with Gasteiger partial charge in [0.1, 0.15) is 41.8 Å². The normalized spacial score (nSPS) is 26.0. The number of ether oxygens (including phenoxy) is 8. The second-order valence-electron chi connectivity index (χ2n) is 25.2. The number of aliphatic carboxylic acids is 2. The number of hydrogen-bond donors (Lipinski definition) is 7. The van der Waals surface area contributed by atoms with E-state index >= 15 is 9.59 Å². The summed E-state index contributed by atoms with van der Waals surface area (Å²) in [6.45, 7) is 14.8. The number of rotatable bonds is 30. The summed E-state index contributed by atoms with van der Waals surface area (Å²) < 4.78 is 47.9. The molecule has 2 bridgehead atoms. The molecule has 506 valence electrons. The van der Waals surface area contributed by atoms with Gasteiger partial charge in [0.25, 0.3) is 6.47 Å². The number of hydrogen-bond acceptors (Lipinski definition) is 22. The maximum atomic E-state index is 16.0. The first kappa shape index (κ1) is 73.8. The zero-order valence-electron chi connectivity index (χ0n) is 53.4. The van der Waals surface area contributed by atoms with Crippen LogP contribution in [0.15, 0.2) is 71.8 Å². The van der Waals surface area contributed by atoms with Crippen LogP contribution in [0.4, 0.5) is 9.59 Å². The van der Waals surface area contributed by atoms with Gasteiger partial charge in [0.05, 0.1) is 47.4 Å². The van der Waals surface area contributed by atoms with Gasteiger partial charge in [-0.3, -0.25) is 28.8 Å². The maximum Gasteiger partial charge on any atom is 0.408 e. The number of alkyl carbamates (subject to hydrolysis) is 1. The number of unbranched alkanes of at least 4 members (excludes halogenated alkanes) is 1. The van der Waals surface area contributed by atoms with Gasteiger partial charge in [-0.25, -0.2) is 24.0 Å². The number of carbonyl (C=O) groups excluding carboxylic acids is 9. The summed E-state index contributed by atoms with van der Waals surface area (Å²) in [5, 5.41) is 42.1. The Morgan fingerprint density at radius 1 is 0.859 bits per heavy atom. The molecule has 4 aliphatic rings. The number of esters is 4. The summed E-state index contributed by atoms with van der Waals surface area (Å²) in [6, 6.07) is 12.6. The van der Waals surface area contributed by atoms with Crippen molar-refractivity contribution in [2.75, 3.05) is 31.8 Å². The molecule has 3 fully saturated rings. The second-order valence-corrected chi connectivity index (χ2v) is 27.8. The third kappa shape index (κ3) is 18.1. The predicted octanol–water partition coefficient (Wildman–Crippen LogP) is 6.69. The maximum absolute atomic E-state index is 16.0. The molecule has 1 saturated heterocycles. The van der Waals surface area contributed by atoms with Crippen LogP contribution in [0.25, 0.3) is 0 Å². The van der Waals surface area contributed by atoms with Gasteiger partial charge in [0.15, 0.2) is 11.8 Å². The molecule has 2 aromatic rings. The highest BCUT2D eigenvalue weighted by molar-refractivity contribution is 8.76. The average molecular weight is 1330 g/mol. The van der Waals surface area contributed by atoms with Crippen molar-refractivity contribution in [3.63, 3.8) is 0 Å². The van der Waals surface area contributed by atoms with E-state index in [4.69, 9.17) is 38.3 Å². The average Bonchev–Trinajstić information content (AvgIpc) is 1.21. The minimum atomic E-state index is -1.99. The lowest BCUT2D eigenvalue weighted by atomic mass is 9.51. The standard InChI is InChI=1S/C64H86N4O22S2/c1-36-42(31-63(82)32-43(87-56(78)40-22-15-12-16-23-40)53-62(9,54(75)37(2)50(36)61(63,7)8)44(83-10)30-45-64(53,34-84-45)89-38(3)70)86-57(79)52(51(39-20-13-11-14-21-39)68-59(81)90-60(4,5)6)88-49(74)25-19-29-91-92-33-46(71)65-28-18-17-24-41(55(76)77)66-58(80)67-47(85-35-69)26-27-48(72)73/h11-16,20-23,35,37,41-45,47,51-53,82H,17-19,24-34H2,1-10H3,(H,65,71)(H,68,81)(H,72,73)(H,76,77)(H2,66,67,80)/t37-,41+,42+,43-,44+,45-,47-,51+,52-,53+,62-,63-,64+/m1/s1. The van der Waals surface area contributed by atoms with E-state index in [1.54, 1.807) is 116 Å². The van der Waals surface area contributed by atoms with Crippen LogP contribution in [0, 0.1) is 22.7 Å². The number of methoxy groups -OCH3 is 1. The number of urea groups is 1. The third-order valence-electron chi connectivity index (χ3n) is 17.5. The van der Waals surface area contributed by atoms with Gasteiger partial charge in [-0.15, -0.1) is 0 Å². The lowest BCUT2D eigenvalue weighted by Crippen LogP contribution is -2.77. The minimum Gasteiger partial charge on any atom is -0.481 e. The zero-order chi connectivity index (χ0) is 67.9. The number of benzene rings is 2.